The number of hydrogen-bond donors (Lipinski definition) is 2. The van der Waals surface area contributed by atoms with Crippen molar-refractivity contribution in [2.45, 2.75) is 12.8 Å². The maximum Gasteiger partial charge on any atom is 0.270 e. The van der Waals surface area contributed by atoms with Gasteiger partial charge in [-0.3, -0.25) is 34.2 Å². The molecule has 0 atom stereocenters. The highest BCUT2D eigenvalue weighted by atomic mass is 35.5. The number of nitrogens with one attached hydrogen (secondary N) is 2. The van der Waals surface area contributed by atoms with E-state index in [4.69, 9.17) is 11.6 Å². The van der Waals surface area contributed by atoms with Crippen molar-refractivity contribution in [3.05, 3.63) is 39.4 Å². The van der Waals surface area contributed by atoms with Crippen LogP contribution in [0.2, 0.25) is 0 Å². The first-order valence-corrected chi connectivity index (χ1v) is 8.62. The van der Waals surface area contributed by atoms with Gasteiger partial charge in [-0.2, -0.15) is 0 Å². The molecule has 0 unspecified atom stereocenters. The Bertz CT molecular complexity index is 797. The summed E-state index contributed by atoms with van der Waals surface area (Å²) in [6.45, 7) is 0.503. The monoisotopic (exact) mass is 396 g/mol. The summed E-state index contributed by atoms with van der Waals surface area (Å²) in [6, 6.07) is 3.51. The van der Waals surface area contributed by atoms with Crippen molar-refractivity contribution in [3.8, 4) is 0 Å². The average Bonchev–Trinajstić information content (AvgIpc) is 2.89. The van der Waals surface area contributed by atoms with Crippen molar-refractivity contribution in [1.29, 1.82) is 0 Å². The Kier molecular flexibility index (Phi) is 6.83. The fraction of sp³-hybridized carbons (Fsp3) is 0.375. The van der Waals surface area contributed by atoms with Gasteiger partial charge in [0, 0.05) is 38.2 Å². The molecular formula is C16H17ClN4O6. The van der Waals surface area contributed by atoms with Crippen LogP contribution in [0, 0.1) is 10.1 Å². The number of halogens is 1. The Balaban J connectivity index is 1.80. The Morgan fingerprint density at radius 1 is 1.07 bits per heavy atom. The fourth-order valence-electron chi connectivity index (χ4n) is 2.53. The van der Waals surface area contributed by atoms with E-state index in [1.807, 2.05) is 0 Å². The number of nitro groups is 1. The lowest BCUT2D eigenvalue weighted by atomic mass is 10.1. The average molecular weight is 397 g/mol. The molecule has 1 aliphatic rings. The van der Waals surface area contributed by atoms with E-state index < -0.39 is 16.7 Å². The highest BCUT2D eigenvalue weighted by Gasteiger charge is 2.36. The molecule has 10 nitrogen and oxygen atoms in total. The smallest absolute Gasteiger partial charge is 0.270 e. The molecule has 0 bridgehead atoms. The van der Waals surface area contributed by atoms with Crippen LogP contribution >= 0.6 is 11.6 Å². The van der Waals surface area contributed by atoms with Gasteiger partial charge in [-0.1, -0.05) is 0 Å². The lowest BCUT2D eigenvalue weighted by Gasteiger charge is -2.13. The van der Waals surface area contributed by atoms with Crippen LogP contribution in [-0.2, 0) is 9.59 Å². The summed E-state index contributed by atoms with van der Waals surface area (Å²) in [5, 5.41) is 15.9. The number of nitrogens with zero attached hydrogens (tertiary/aromatic N) is 2. The first-order valence-electron chi connectivity index (χ1n) is 8.09. The van der Waals surface area contributed by atoms with Crippen LogP contribution in [0.4, 0.5) is 5.69 Å². The van der Waals surface area contributed by atoms with E-state index in [2.05, 4.69) is 10.6 Å². The molecule has 1 heterocycles. The van der Waals surface area contributed by atoms with Gasteiger partial charge in [0.05, 0.1) is 16.1 Å². The quantitative estimate of drug-likeness (QED) is 0.204. The fourth-order valence-corrected chi connectivity index (χ4v) is 2.63. The third-order valence-electron chi connectivity index (χ3n) is 3.84. The number of fused-ring (bicyclic) bond motifs is 1. The van der Waals surface area contributed by atoms with Gasteiger partial charge in [-0.15, -0.1) is 11.6 Å². The van der Waals surface area contributed by atoms with Gasteiger partial charge in [0.2, 0.25) is 11.8 Å². The molecule has 2 N–H and O–H groups in total. The summed E-state index contributed by atoms with van der Waals surface area (Å²) < 4.78 is 0. The number of benzene rings is 1. The SMILES string of the molecule is O=C(CCl)NCCNC(=O)CCCN1C(=O)c2ccc([N+](=O)[O-])cc2C1=O. The van der Waals surface area contributed by atoms with Crippen molar-refractivity contribution in [1.82, 2.24) is 15.5 Å². The molecular weight excluding hydrogens is 380 g/mol. The molecule has 1 aromatic rings. The van der Waals surface area contributed by atoms with Crippen molar-refractivity contribution >= 4 is 40.9 Å². The second-order valence-electron chi connectivity index (χ2n) is 5.69. The van der Waals surface area contributed by atoms with E-state index in [1.165, 1.54) is 12.1 Å². The van der Waals surface area contributed by atoms with E-state index in [9.17, 15) is 29.3 Å². The van der Waals surface area contributed by atoms with E-state index >= 15 is 0 Å². The summed E-state index contributed by atoms with van der Waals surface area (Å²) in [4.78, 5) is 58.3. The molecule has 0 fully saturated rings. The summed E-state index contributed by atoms with van der Waals surface area (Å²) >= 11 is 5.31. The first kappa shape index (κ1) is 20.3. The van der Waals surface area contributed by atoms with Crippen LogP contribution in [0.3, 0.4) is 0 Å². The van der Waals surface area contributed by atoms with Gasteiger partial charge in [0.15, 0.2) is 0 Å². The topological polar surface area (TPSA) is 139 Å². The van der Waals surface area contributed by atoms with Gasteiger partial charge in [-0.05, 0) is 12.5 Å². The van der Waals surface area contributed by atoms with Crippen LogP contribution in [0.1, 0.15) is 33.6 Å². The summed E-state index contributed by atoms with van der Waals surface area (Å²) in [5.74, 6) is -1.92. The molecule has 1 aliphatic heterocycles. The zero-order valence-electron chi connectivity index (χ0n) is 14.2. The van der Waals surface area contributed by atoms with Crippen LogP contribution in [-0.4, -0.2) is 59.0 Å². The summed E-state index contributed by atoms with van der Waals surface area (Å²) in [5.41, 5.74) is -0.156. The lowest BCUT2D eigenvalue weighted by Crippen LogP contribution is -2.36. The predicted octanol–water partition coefficient (Wildman–Crippen LogP) is 0.442. The van der Waals surface area contributed by atoms with Gasteiger partial charge < -0.3 is 10.6 Å². The van der Waals surface area contributed by atoms with Gasteiger partial charge >= 0.3 is 0 Å². The number of non-ortho nitro benzene ring substituents is 1. The van der Waals surface area contributed by atoms with Crippen LogP contribution in [0.25, 0.3) is 0 Å². The molecule has 1 aromatic carbocycles. The number of alkyl halides is 1. The minimum Gasteiger partial charge on any atom is -0.354 e. The number of nitro benzene ring substituents is 1. The van der Waals surface area contributed by atoms with Crippen molar-refractivity contribution in [3.63, 3.8) is 0 Å². The van der Waals surface area contributed by atoms with Crippen LogP contribution in [0.15, 0.2) is 18.2 Å². The third kappa shape index (κ3) is 5.00. The Morgan fingerprint density at radius 2 is 1.70 bits per heavy atom. The molecule has 11 heteroatoms. The Labute approximate surface area is 159 Å². The predicted molar refractivity (Wildman–Crippen MR) is 94.4 cm³/mol. The maximum absolute atomic E-state index is 12.3. The summed E-state index contributed by atoms with van der Waals surface area (Å²) in [6.07, 6.45) is 0.324. The highest BCUT2D eigenvalue weighted by molar-refractivity contribution is 6.27. The molecule has 0 radical (unpaired) electrons. The second kappa shape index (κ2) is 9.08. The highest BCUT2D eigenvalue weighted by Crippen LogP contribution is 2.26. The number of amides is 4. The van der Waals surface area contributed by atoms with Crippen LogP contribution < -0.4 is 10.6 Å². The number of imide groups is 1. The summed E-state index contributed by atoms with van der Waals surface area (Å²) in [7, 11) is 0. The number of carbonyl (C=O) groups excluding carboxylic acids is 4. The first-order chi connectivity index (χ1) is 12.8. The molecule has 27 heavy (non-hydrogen) atoms. The largest absolute Gasteiger partial charge is 0.354 e. The van der Waals surface area contributed by atoms with Gasteiger partial charge in [0.25, 0.3) is 17.5 Å². The lowest BCUT2D eigenvalue weighted by molar-refractivity contribution is -0.384. The molecule has 0 aliphatic carbocycles. The third-order valence-corrected chi connectivity index (χ3v) is 4.08. The standard InChI is InChI=1S/C16H17ClN4O6/c17-9-14(23)19-6-5-18-13(22)2-1-7-20-15(24)11-4-3-10(21(26)27)8-12(11)16(20)25/h3-4,8H,1-2,5-7,9H2,(H,18,22)(H,19,23). The molecule has 4 amide bonds. The molecule has 2 rings (SSSR count). The van der Waals surface area contributed by atoms with Gasteiger partial charge in [0.1, 0.15) is 5.88 Å². The number of hydrogen-bond acceptors (Lipinski definition) is 6. The molecule has 0 spiro atoms. The van der Waals surface area contributed by atoms with Crippen molar-refractivity contribution in [2.24, 2.45) is 0 Å². The molecule has 144 valence electrons. The molecule has 0 saturated heterocycles. The Morgan fingerprint density at radius 3 is 2.33 bits per heavy atom. The van der Waals surface area contributed by atoms with E-state index in [1.54, 1.807) is 0 Å². The normalized spacial score (nSPS) is 12.7. The van der Waals surface area contributed by atoms with E-state index in [-0.39, 0.29) is 67.0 Å². The van der Waals surface area contributed by atoms with Crippen molar-refractivity contribution < 1.29 is 24.1 Å². The van der Waals surface area contributed by atoms with Crippen molar-refractivity contribution in [2.75, 3.05) is 25.5 Å². The molecule has 0 aromatic heterocycles. The second-order valence-corrected chi connectivity index (χ2v) is 5.95. The molecule has 0 saturated carbocycles. The van der Waals surface area contributed by atoms with Crippen LogP contribution in [0.5, 0.6) is 0 Å². The maximum atomic E-state index is 12.3. The van der Waals surface area contributed by atoms with E-state index in [0.29, 0.717) is 0 Å². The zero-order chi connectivity index (χ0) is 20.0. The van der Waals surface area contributed by atoms with E-state index in [0.717, 1.165) is 11.0 Å². The number of carbonyl (C=O) groups is 4. The zero-order valence-corrected chi connectivity index (χ0v) is 15.0. The minimum atomic E-state index is -0.638. The van der Waals surface area contributed by atoms with Gasteiger partial charge in [-0.25, -0.2) is 0 Å². The minimum absolute atomic E-state index is 0.00585. The number of rotatable bonds is 9. The Hall–Kier alpha value is -3.01.